The molecule has 1 aliphatic heterocycles. The fraction of sp³-hybridized carbons (Fsp3) is 0.455. The van der Waals surface area contributed by atoms with E-state index < -0.39 is 0 Å². The lowest BCUT2D eigenvalue weighted by Gasteiger charge is -2.32. The average Bonchev–Trinajstić information content (AvgIpc) is 2.30. The Kier molecular flexibility index (Phi) is 2.97. The highest BCUT2D eigenvalue weighted by Gasteiger charge is 2.20. The molecule has 1 radical (unpaired) electrons. The molecule has 1 aromatic rings. The maximum absolute atomic E-state index is 11.9. The van der Waals surface area contributed by atoms with E-state index in [1.54, 1.807) is 18.3 Å². The molecule has 1 amide bonds. The average molecular weight is 204 g/mol. The molecule has 79 valence electrons. The van der Waals surface area contributed by atoms with Gasteiger partial charge in [-0.1, -0.05) is 6.07 Å². The van der Waals surface area contributed by atoms with Gasteiger partial charge in [0.05, 0.1) is 0 Å². The summed E-state index contributed by atoms with van der Waals surface area (Å²) in [6.07, 6.45) is 1.62. The number of amides is 1. The Morgan fingerprint density at radius 3 is 2.73 bits per heavy atom. The van der Waals surface area contributed by atoms with Crippen LogP contribution in [0.15, 0.2) is 18.3 Å². The number of pyridine rings is 1. The number of carbonyl (C=O) groups excluding carboxylic acids is 1. The zero-order valence-electron chi connectivity index (χ0n) is 8.81. The molecule has 2 rings (SSSR count). The third kappa shape index (κ3) is 2.33. The summed E-state index contributed by atoms with van der Waals surface area (Å²) in [4.78, 5) is 20.0. The highest BCUT2D eigenvalue weighted by Crippen LogP contribution is 2.04. The largest absolute Gasteiger partial charge is 0.335 e. The van der Waals surface area contributed by atoms with Crippen LogP contribution in [0.1, 0.15) is 10.5 Å². The van der Waals surface area contributed by atoms with Crippen molar-refractivity contribution in [3.05, 3.63) is 30.1 Å². The van der Waals surface area contributed by atoms with Gasteiger partial charge in [0.25, 0.3) is 5.91 Å². The normalized spacial score (nSPS) is 17.8. The van der Waals surface area contributed by atoms with Gasteiger partial charge in [0.2, 0.25) is 0 Å². The molecule has 0 spiro atoms. The summed E-state index contributed by atoms with van der Waals surface area (Å²) in [5.74, 6) is -0.0105. The minimum absolute atomic E-state index is 0.0105. The molecule has 1 aliphatic rings. The van der Waals surface area contributed by atoms with Crippen LogP contribution in [-0.2, 0) is 0 Å². The highest BCUT2D eigenvalue weighted by atomic mass is 16.2. The van der Waals surface area contributed by atoms with Crippen LogP contribution in [0.4, 0.5) is 0 Å². The van der Waals surface area contributed by atoms with E-state index in [9.17, 15) is 4.79 Å². The van der Waals surface area contributed by atoms with Gasteiger partial charge in [-0.2, -0.15) is 0 Å². The fourth-order valence-corrected chi connectivity index (χ4v) is 1.60. The van der Waals surface area contributed by atoms with Gasteiger partial charge in [0, 0.05) is 38.4 Å². The number of rotatable bonds is 1. The van der Waals surface area contributed by atoms with E-state index in [2.05, 4.69) is 23.0 Å². The number of hydrogen-bond donors (Lipinski definition) is 0. The molecule has 1 aromatic heterocycles. The Morgan fingerprint density at radius 1 is 1.40 bits per heavy atom. The van der Waals surface area contributed by atoms with Gasteiger partial charge in [-0.25, -0.2) is 0 Å². The molecule has 0 unspecified atom stereocenters. The molecule has 0 bridgehead atoms. The molecule has 0 saturated carbocycles. The first-order valence-corrected chi connectivity index (χ1v) is 5.08. The predicted octanol–water partition coefficient (Wildman–Crippen LogP) is 0.269. The first-order valence-electron chi connectivity index (χ1n) is 5.08. The maximum Gasteiger partial charge on any atom is 0.273 e. The van der Waals surface area contributed by atoms with Gasteiger partial charge < -0.3 is 9.80 Å². The van der Waals surface area contributed by atoms with Gasteiger partial charge in [-0.05, 0) is 13.1 Å². The van der Waals surface area contributed by atoms with Crippen molar-refractivity contribution < 1.29 is 4.79 Å². The first kappa shape index (κ1) is 10.1. The van der Waals surface area contributed by atoms with Crippen LogP contribution >= 0.6 is 0 Å². The van der Waals surface area contributed by atoms with Crippen LogP contribution in [0.3, 0.4) is 0 Å². The lowest BCUT2D eigenvalue weighted by molar-refractivity contribution is 0.0658. The number of nitrogens with zero attached hydrogens (tertiary/aromatic N) is 3. The van der Waals surface area contributed by atoms with Gasteiger partial charge >= 0.3 is 0 Å². The smallest absolute Gasteiger partial charge is 0.273 e. The minimum atomic E-state index is -0.0105. The molecule has 1 saturated heterocycles. The zero-order chi connectivity index (χ0) is 10.7. The molecule has 2 heterocycles. The van der Waals surface area contributed by atoms with Crippen LogP contribution in [0.5, 0.6) is 0 Å². The van der Waals surface area contributed by atoms with Crippen molar-refractivity contribution in [2.75, 3.05) is 33.2 Å². The van der Waals surface area contributed by atoms with E-state index in [-0.39, 0.29) is 5.91 Å². The first-order chi connectivity index (χ1) is 7.27. The summed E-state index contributed by atoms with van der Waals surface area (Å²) in [6.45, 7) is 3.41. The second kappa shape index (κ2) is 4.40. The van der Waals surface area contributed by atoms with Crippen molar-refractivity contribution in [2.24, 2.45) is 0 Å². The monoisotopic (exact) mass is 204 g/mol. The molecule has 15 heavy (non-hydrogen) atoms. The summed E-state index contributed by atoms with van der Waals surface area (Å²) in [6, 6.07) is 6.34. The third-order valence-corrected chi connectivity index (χ3v) is 2.60. The molecule has 4 nitrogen and oxygen atoms in total. The predicted molar refractivity (Wildman–Crippen MR) is 56.5 cm³/mol. The third-order valence-electron chi connectivity index (χ3n) is 2.60. The molecular formula is C11H14N3O. The molecule has 1 fully saturated rings. The van der Waals surface area contributed by atoms with Gasteiger partial charge in [-0.3, -0.25) is 9.78 Å². The quantitative estimate of drug-likeness (QED) is 0.659. The minimum Gasteiger partial charge on any atom is -0.335 e. The van der Waals surface area contributed by atoms with Crippen LogP contribution in [-0.4, -0.2) is 53.9 Å². The van der Waals surface area contributed by atoms with Crippen molar-refractivity contribution in [3.8, 4) is 0 Å². The Morgan fingerprint density at radius 2 is 2.13 bits per heavy atom. The lowest BCUT2D eigenvalue weighted by atomic mass is 10.2. The van der Waals surface area contributed by atoms with Gasteiger partial charge in [0.1, 0.15) is 5.69 Å². The number of hydrogen-bond acceptors (Lipinski definition) is 3. The van der Waals surface area contributed by atoms with Crippen LogP contribution in [0.2, 0.25) is 0 Å². The van der Waals surface area contributed by atoms with E-state index in [0.717, 1.165) is 26.2 Å². The Bertz CT molecular complexity index is 331. The SMILES string of the molecule is CN1CCN(C(=O)c2[c]cccn2)CC1. The molecule has 4 heteroatoms. The van der Waals surface area contributed by atoms with E-state index in [0.29, 0.717) is 5.69 Å². The summed E-state index contributed by atoms with van der Waals surface area (Å²) >= 11 is 0. The Labute approximate surface area is 89.5 Å². The number of carbonyl (C=O) groups is 1. The lowest BCUT2D eigenvalue weighted by Crippen LogP contribution is -2.47. The van der Waals surface area contributed by atoms with E-state index in [1.807, 2.05) is 4.90 Å². The number of likely N-dealkylation sites (N-methyl/N-ethyl adjacent to an activating group) is 1. The van der Waals surface area contributed by atoms with E-state index in [4.69, 9.17) is 0 Å². The number of piperazine rings is 1. The molecular weight excluding hydrogens is 190 g/mol. The molecule has 0 aromatic carbocycles. The van der Waals surface area contributed by atoms with Crippen molar-refractivity contribution in [1.82, 2.24) is 14.8 Å². The molecule has 0 N–H and O–H groups in total. The summed E-state index contributed by atoms with van der Waals surface area (Å²) < 4.78 is 0. The van der Waals surface area contributed by atoms with Crippen molar-refractivity contribution in [2.45, 2.75) is 0 Å². The highest BCUT2D eigenvalue weighted by molar-refractivity contribution is 5.92. The number of aromatic nitrogens is 1. The van der Waals surface area contributed by atoms with Crippen molar-refractivity contribution >= 4 is 5.91 Å². The van der Waals surface area contributed by atoms with Crippen LogP contribution < -0.4 is 0 Å². The van der Waals surface area contributed by atoms with E-state index >= 15 is 0 Å². The summed E-state index contributed by atoms with van der Waals surface area (Å²) in [7, 11) is 2.06. The molecule has 0 aliphatic carbocycles. The Balaban J connectivity index is 2.03. The second-order valence-electron chi connectivity index (χ2n) is 3.73. The zero-order valence-corrected chi connectivity index (χ0v) is 8.81. The van der Waals surface area contributed by atoms with Crippen LogP contribution in [0.25, 0.3) is 0 Å². The van der Waals surface area contributed by atoms with Crippen LogP contribution in [0, 0.1) is 6.07 Å². The maximum atomic E-state index is 11.9. The van der Waals surface area contributed by atoms with E-state index in [1.165, 1.54) is 0 Å². The standard InChI is InChI=1S/C11H14N3O/c1-13-6-8-14(9-7-13)11(15)10-4-2-3-5-12-10/h2-3,5H,6-9H2,1H3. The van der Waals surface area contributed by atoms with Gasteiger partial charge in [-0.15, -0.1) is 0 Å². The fourth-order valence-electron chi connectivity index (χ4n) is 1.60. The van der Waals surface area contributed by atoms with Crippen molar-refractivity contribution in [3.63, 3.8) is 0 Å². The molecule has 0 atom stereocenters. The summed E-state index contributed by atoms with van der Waals surface area (Å²) in [5, 5.41) is 0. The summed E-state index contributed by atoms with van der Waals surface area (Å²) in [5.41, 5.74) is 0.419. The van der Waals surface area contributed by atoms with Gasteiger partial charge in [0.15, 0.2) is 0 Å². The topological polar surface area (TPSA) is 36.4 Å². The Hall–Kier alpha value is -1.42. The second-order valence-corrected chi connectivity index (χ2v) is 3.73. The van der Waals surface area contributed by atoms with Crippen molar-refractivity contribution in [1.29, 1.82) is 0 Å².